The zero-order valence-corrected chi connectivity index (χ0v) is 12.9. The van der Waals surface area contributed by atoms with Crippen molar-refractivity contribution in [1.82, 2.24) is 9.80 Å². The molecule has 0 spiro atoms. The highest BCUT2D eigenvalue weighted by molar-refractivity contribution is 9.09. The summed E-state index contributed by atoms with van der Waals surface area (Å²) < 4.78 is 0. The summed E-state index contributed by atoms with van der Waals surface area (Å²) >= 11 is 3.67. The van der Waals surface area contributed by atoms with E-state index >= 15 is 0 Å². The van der Waals surface area contributed by atoms with Crippen LogP contribution in [0.1, 0.15) is 18.4 Å². The topological polar surface area (TPSA) is 6.48 Å². The fourth-order valence-electron chi connectivity index (χ4n) is 2.57. The molecule has 1 heterocycles. The molecule has 1 aromatic carbocycles. The number of nitrogens with zero attached hydrogens (tertiary/aromatic N) is 2. The maximum absolute atomic E-state index is 3.67. The molecule has 1 aliphatic rings. The first-order chi connectivity index (χ1) is 8.70. The molecule has 3 heteroatoms. The van der Waals surface area contributed by atoms with Crippen LogP contribution in [0.3, 0.4) is 0 Å². The van der Waals surface area contributed by atoms with Gasteiger partial charge in [-0.2, -0.15) is 0 Å². The van der Waals surface area contributed by atoms with Crippen molar-refractivity contribution in [3.8, 4) is 0 Å². The van der Waals surface area contributed by atoms with Gasteiger partial charge in [0.25, 0.3) is 0 Å². The molecule has 18 heavy (non-hydrogen) atoms. The third-order valence-corrected chi connectivity index (χ3v) is 4.76. The molecule has 1 saturated heterocycles. The summed E-state index contributed by atoms with van der Waals surface area (Å²) in [6.45, 7) is 7.04. The summed E-state index contributed by atoms with van der Waals surface area (Å²) in [7, 11) is 2.22. The minimum atomic E-state index is 0.599. The molecule has 100 valence electrons. The summed E-state index contributed by atoms with van der Waals surface area (Å²) in [5, 5.41) is 1.04. The second-order valence-corrected chi connectivity index (χ2v) is 6.00. The third-order valence-electron chi connectivity index (χ3n) is 3.98. The summed E-state index contributed by atoms with van der Waals surface area (Å²) in [5.41, 5.74) is 1.45. The van der Waals surface area contributed by atoms with Crippen LogP contribution < -0.4 is 0 Å². The van der Waals surface area contributed by atoms with Crippen molar-refractivity contribution in [2.24, 2.45) is 0 Å². The van der Waals surface area contributed by atoms with Crippen LogP contribution in [0.15, 0.2) is 30.3 Å². The number of halogens is 1. The lowest BCUT2D eigenvalue weighted by Gasteiger charge is -2.39. The van der Waals surface area contributed by atoms with E-state index in [0.29, 0.717) is 12.0 Å². The average molecular weight is 311 g/mol. The molecule has 1 fully saturated rings. The van der Waals surface area contributed by atoms with Crippen molar-refractivity contribution in [1.29, 1.82) is 0 Å². The molecule has 2 unspecified atom stereocenters. The first-order valence-electron chi connectivity index (χ1n) is 6.74. The maximum Gasteiger partial charge on any atom is 0.0192 e. The van der Waals surface area contributed by atoms with Crippen LogP contribution >= 0.6 is 15.9 Å². The molecular weight excluding hydrogens is 288 g/mol. The van der Waals surface area contributed by atoms with Crippen molar-refractivity contribution in [2.45, 2.75) is 18.9 Å². The predicted octanol–water partition coefficient (Wildman–Crippen LogP) is 2.80. The largest absolute Gasteiger partial charge is 0.301 e. The molecule has 1 aliphatic heterocycles. The Hall–Kier alpha value is -0.380. The molecule has 2 nitrogen and oxygen atoms in total. The van der Waals surface area contributed by atoms with E-state index < -0.39 is 0 Å². The molecule has 2 rings (SSSR count). The lowest BCUT2D eigenvalue weighted by Crippen LogP contribution is -2.51. The standard InChI is InChI=1S/C15H23BrN2/c1-13-11-18(9-8-17(13)2)12-15(10-16)14-6-4-3-5-7-14/h3-7,13,15H,8-12H2,1-2H3. The summed E-state index contributed by atoms with van der Waals surface area (Å²) in [6, 6.07) is 11.5. The van der Waals surface area contributed by atoms with Gasteiger partial charge in [0.1, 0.15) is 0 Å². The first kappa shape index (κ1) is 14.0. The molecule has 0 radical (unpaired) electrons. The minimum absolute atomic E-state index is 0.599. The molecule has 0 bridgehead atoms. The van der Waals surface area contributed by atoms with E-state index in [4.69, 9.17) is 0 Å². The van der Waals surface area contributed by atoms with Crippen molar-refractivity contribution in [3.63, 3.8) is 0 Å². The number of benzene rings is 1. The zero-order valence-electron chi connectivity index (χ0n) is 11.3. The van der Waals surface area contributed by atoms with Crippen LogP contribution in [-0.2, 0) is 0 Å². The lowest BCUT2D eigenvalue weighted by molar-refractivity contribution is 0.102. The highest BCUT2D eigenvalue weighted by Gasteiger charge is 2.23. The first-order valence-corrected chi connectivity index (χ1v) is 7.86. The van der Waals surface area contributed by atoms with Gasteiger partial charge in [-0.25, -0.2) is 0 Å². The Labute approximate surface area is 119 Å². The van der Waals surface area contributed by atoms with Gasteiger partial charge in [-0.1, -0.05) is 46.3 Å². The van der Waals surface area contributed by atoms with E-state index in [1.807, 2.05) is 0 Å². The van der Waals surface area contributed by atoms with Crippen LogP contribution in [0, 0.1) is 0 Å². The van der Waals surface area contributed by atoms with Crippen molar-refractivity contribution >= 4 is 15.9 Å². The molecule has 0 saturated carbocycles. The SMILES string of the molecule is CC1CN(CC(CBr)c2ccccc2)CCN1C. The summed E-state index contributed by atoms with van der Waals surface area (Å²) in [6.07, 6.45) is 0. The average Bonchev–Trinajstić information content (AvgIpc) is 2.41. The summed E-state index contributed by atoms with van der Waals surface area (Å²) in [5.74, 6) is 0.599. The van der Waals surface area contributed by atoms with Crippen LogP contribution in [0.25, 0.3) is 0 Å². The van der Waals surface area contributed by atoms with E-state index in [9.17, 15) is 0 Å². The number of rotatable bonds is 4. The van der Waals surface area contributed by atoms with E-state index in [1.54, 1.807) is 0 Å². The third kappa shape index (κ3) is 3.56. The lowest BCUT2D eigenvalue weighted by atomic mass is 10.00. The van der Waals surface area contributed by atoms with E-state index in [-0.39, 0.29) is 0 Å². The Bertz CT molecular complexity index is 355. The summed E-state index contributed by atoms with van der Waals surface area (Å²) in [4.78, 5) is 5.05. The number of alkyl halides is 1. The van der Waals surface area contributed by atoms with Gasteiger partial charge in [-0.05, 0) is 19.5 Å². The predicted molar refractivity (Wildman–Crippen MR) is 81.5 cm³/mol. The smallest absolute Gasteiger partial charge is 0.0192 e. The number of hydrogen-bond donors (Lipinski definition) is 0. The van der Waals surface area contributed by atoms with E-state index in [1.165, 1.54) is 25.2 Å². The molecular formula is C15H23BrN2. The van der Waals surface area contributed by atoms with Gasteiger partial charge in [-0.15, -0.1) is 0 Å². The van der Waals surface area contributed by atoms with Crippen LogP contribution in [-0.4, -0.2) is 54.4 Å². The normalized spacial score (nSPS) is 24.1. The number of piperazine rings is 1. The monoisotopic (exact) mass is 310 g/mol. The fraction of sp³-hybridized carbons (Fsp3) is 0.600. The highest BCUT2D eigenvalue weighted by atomic mass is 79.9. The second-order valence-electron chi connectivity index (χ2n) is 5.35. The van der Waals surface area contributed by atoms with Gasteiger partial charge in [0, 0.05) is 43.5 Å². The number of likely N-dealkylation sites (N-methyl/N-ethyl adjacent to an activating group) is 1. The Morgan fingerprint density at radius 2 is 2.00 bits per heavy atom. The van der Waals surface area contributed by atoms with Crippen LogP contribution in [0.5, 0.6) is 0 Å². The molecule has 1 aromatic rings. The van der Waals surface area contributed by atoms with Gasteiger partial charge in [0.15, 0.2) is 0 Å². The van der Waals surface area contributed by atoms with E-state index in [2.05, 4.69) is 70.0 Å². The minimum Gasteiger partial charge on any atom is -0.301 e. The molecule has 0 aromatic heterocycles. The molecule has 0 N–H and O–H groups in total. The van der Waals surface area contributed by atoms with Gasteiger partial charge in [0.05, 0.1) is 0 Å². The number of hydrogen-bond acceptors (Lipinski definition) is 2. The molecule has 0 amide bonds. The second kappa shape index (κ2) is 6.69. The van der Waals surface area contributed by atoms with Gasteiger partial charge < -0.3 is 4.90 Å². The Kier molecular flexibility index (Phi) is 5.22. The van der Waals surface area contributed by atoms with Crippen molar-refractivity contribution in [3.05, 3.63) is 35.9 Å². The maximum atomic E-state index is 3.67. The van der Waals surface area contributed by atoms with Gasteiger partial charge in [0.2, 0.25) is 0 Å². The molecule has 2 atom stereocenters. The van der Waals surface area contributed by atoms with Gasteiger partial charge >= 0.3 is 0 Å². The van der Waals surface area contributed by atoms with Crippen molar-refractivity contribution < 1.29 is 0 Å². The van der Waals surface area contributed by atoms with E-state index in [0.717, 1.165) is 11.9 Å². The molecule has 0 aliphatic carbocycles. The van der Waals surface area contributed by atoms with Crippen LogP contribution in [0.4, 0.5) is 0 Å². The van der Waals surface area contributed by atoms with Gasteiger partial charge in [-0.3, -0.25) is 4.90 Å². The highest BCUT2D eigenvalue weighted by Crippen LogP contribution is 2.20. The Morgan fingerprint density at radius 1 is 1.28 bits per heavy atom. The zero-order chi connectivity index (χ0) is 13.0. The fourth-order valence-corrected chi connectivity index (χ4v) is 3.15. The Morgan fingerprint density at radius 3 is 2.61 bits per heavy atom. The quantitative estimate of drug-likeness (QED) is 0.789. The van der Waals surface area contributed by atoms with Crippen molar-refractivity contribution in [2.75, 3.05) is 38.6 Å². The Balaban J connectivity index is 1.95. The van der Waals surface area contributed by atoms with Crippen LogP contribution in [0.2, 0.25) is 0 Å².